The zero-order valence-corrected chi connectivity index (χ0v) is 10.7. The average Bonchev–Trinajstić information content (AvgIpc) is 2.76. The highest BCUT2D eigenvalue weighted by atomic mass is 35.5. The van der Waals surface area contributed by atoms with E-state index in [9.17, 15) is 0 Å². The van der Waals surface area contributed by atoms with Crippen molar-refractivity contribution in [2.45, 2.75) is 37.3 Å². The van der Waals surface area contributed by atoms with Crippen LogP contribution in [0.3, 0.4) is 0 Å². The molecular formula is C12H16ClNOS. The monoisotopic (exact) mass is 257 g/mol. The molecule has 1 aromatic rings. The summed E-state index contributed by atoms with van der Waals surface area (Å²) in [6.07, 6.45) is 5.14. The summed E-state index contributed by atoms with van der Waals surface area (Å²) in [4.78, 5) is 0. The van der Waals surface area contributed by atoms with Crippen LogP contribution in [-0.2, 0) is 10.3 Å². The Kier molecular flexibility index (Phi) is 2.96. The normalized spacial score (nSPS) is 34.7. The first-order chi connectivity index (χ1) is 7.83. The summed E-state index contributed by atoms with van der Waals surface area (Å²) < 4.78 is 6.87. The van der Waals surface area contributed by atoms with Crippen LogP contribution in [0.25, 0.3) is 0 Å². The van der Waals surface area contributed by atoms with E-state index >= 15 is 0 Å². The predicted molar refractivity (Wildman–Crippen MR) is 67.2 cm³/mol. The number of thiophene rings is 1. The third kappa shape index (κ3) is 1.61. The SMILES string of the molecule is Clc1sccc1[C@@]12CCCC[C@@H]1OCCN2. The van der Waals surface area contributed by atoms with Crippen molar-refractivity contribution >= 4 is 22.9 Å². The highest BCUT2D eigenvalue weighted by Gasteiger charge is 2.45. The van der Waals surface area contributed by atoms with Gasteiger partial charge >= 0.3 is 0 Å². The van der Waals surface area contributed by atoms with E-state index in [0.29, 0.717) is 6.10 Å². The first kappa shape index (κ1) is 11.0. The van der Waals surface area contributed by atoms with Crippen LogP contribution in [0.1, 0.15) is 31.2 Å². The Balaban J connectivity index is 2.01. The second-order valence-corrected chi connectivity index (χ2v) is 6.13. The van der Waals surface area contributed by atoms with Gasteiger partial charge in [-0.15, -0.1) is 11.3 Å². The molecule has 0 bridgehead atoms. The minimum Gasteiger partial charge on any atom is -0.375 e. The molecule has 88 valence electrons. The van der Waals surface area contributed by atoms with Crippen molar-refractivity contribution in [2.24, 2.45) is 0 Å². The first-order valence-corrected chi connectivity index (χ1v) is 7.19. The number of hydrogen-bond acceptors (Lipinski definition) is 3. The van der Waals surface area contributed by atoms with E-state index in [-0.39, 0.29) is 5.54 Å². The van der Waals surface area contributed by atoms with Gasteiger partial charge in [0.2, 0.25) is 0 Å². The summed E-state index contributed by atoms with van der Waals surface area (Å²) in [6, 6.07) is 2.16. The van der Waals surface area contributed by atoms with Gasteiger partial charge in [0, 0.05) is 12.1 Å². The van der Waals surface area contributed by atoms with E-state index in [1.807, 2.05) is 0 Å². The molecule has 0 unspecified atom stereocenters. The number of hydrogen-bond donors (Lipinski definition) is 1. The Hall–Kier alpha value is -0.0900. The van der Waals surface area contributed by atoms with Crippen LogP contribution >= 0.6 is 22.9 Å². The summed E-state index contributed by atoms with van der Waals surface area (Å²) in [5.41, 5.74) is 1.25. The first-order valence-electron chi connectivity index (χ1n) is 5.93. The molecule has 0 spiro atoms. The number of halogens is 1. The molecule has 2 fully saturated rings. The molecule has 1 saturated heterocycles. The summed E-state index contributed by atoms with van der Waals surface area (Å²) in [5, 5.41) is 5.75. The molecule has 0 radical (unpaired) electrons. The number of morpholine rings is 1. The zero-order chi connectivity index (χ0) is 11.0. The molecule has 0 aromatic carbocycles. The van der Waals surface area contributed by atoms with E-state index in [1.165, 1.54) is 18.4 Å². The Bertz CT molecular complexity index is 367. The third-order valence-corrected chi connectivity index (χ3v) is 4.97. The van der Waals surface area contributed by atoms with Crippen LogP contribution in [0, 0.1) is 0 Å². The lowest BCUT2D eigenvalue weighted by Gasteiger charge is -2.47. The minimum atomic E-state index is -0.00637. The van der Waals surface area contributed by atoms with Crippen molar-refractivity contribution < 1.29 is 4.74 Å². The molecule has 0 amide bonds. The highest BCUT2D eigenvalue weighted by molar-refractivity contribution is 7.14. The van der Waals surface area contributed by atoms with Gasteiger partial charge in [0.05, 0.1) is 22.6 Å². The van der Waals surface area contributed by atoms with Crippen LogP contribution in [0.2, 0.25) is 4.34 Å². The fourth-order valence-electron chi connectivity index (χ4n) is 3.06. The van der Waals surface area contributed by atoms with Crippen molar-refractivity contribution in [2.75, 3.05) is 13.2 Å². The number of nitrogens with one attached hydrogen (secondary N) is 1. The second kappa shape index (κ2) is 4.30. The summed E-state index contributed by atoms with van der Waals surface area (Å²) in [5.74, 6) is 0. The largest absolute Gasteiger partial charge is 0.375 e. The third-order valence-electron chi connectivity index (χ3n) is 3.80. The molecule has 1 aliphatic carbocycles. The van der Waals surface area contributed by atoms with Crippen LogP contribution in [0.15, 0.2) is 11.4 Å². The zero-order valence-electron chi connectivity index (χ0n) is 9.17. The van der Waals surface area contributed by atoms with Gasteiger partial charge in [0.25, 0.3) is 0 Å². The van der Waals surface area contributed by atoms with Gasteiger partial charge in [-0.05, 0) is 24.3 Å². The summed E-state index contributed by atoms with van der Waals surface area (Å²) in [6.45, 7) is 1.76. The Morgan fingerprint density at radius 3 is 3.25 bits per heavy atom. The van der Waals surface area contributed by atoms with Gasteiger partial charge in [-0.25, -0.2) is 0 Å². The molecule has 4 heteroatoms. The molecule has 2 heterocycles. The fourth-order valence-corrected chi connectivity index (χ4v) is 4.15. The molecule has 1 aromatic heterocycles. The maximum absolute atomic E-state index is 6.31. The number of rotatable bonds is 1. The van der Waals surface area contributed by atoms with Crippen LogP contribution < -0.4 is 5.32 Å². The van der Waals surface area contributed by atoms with E-state index < -0.39 is 0 Å². The maximum atomic E-state index is 6.31. The molecule has 1 saturated carbocycles. The van der Waals surface area contributed by atoms with E-state index in [4.69, 9.17) is 16.3 Å². The van der Waals surface area contributed by atoms with E-state index in [1.54, 1.807) is 11.3 Å². The van der Waals surface area contributed by atoms with Gasteiger partial charge in [0.15, 0.2) is 0 Å². The lowest BCUT2D eigenvalue weighted by atomic mass is 9.74. The highest BCUT2D eigenvalue weighted by Crippen LogP contribution is 2.44. The van der Waals surface area contributed by atoms with Crippen molar-refractivity contribution in [3.8, 4) is 0 Å². The van der Waals surface area contributed by atoms with Crippen LogP contribution in [-0.4, -0.2) is 19.3 Å². The van der Waals surface area contributed by atoms with E-state index in [2.05, 4.69) is 16.8 Å². The molecule has 2 nitrogen and oxygen atoms in total. The molecule has 1 aliphatic heterocycles. The lowest BCUT2D eigenvalue weighted by Crippen LogP contribution is -2.59. The van der Waals surface area contributed by atoms with Crippen molar-refractivity contribution in [1.29, 1.82) is 0 Å². The average molecular weight is 258 g/mol. The van der Waals surface area contributed by atoms with Crippen molar-refractivity contribution in [3.63, 3.8) is 0 Å². The molecular weight excluding hydrogens is 242 g/mol. The van der Waals surface area contributed by atoms with Crippen molar-refractivity contribution in [3.05, 3.63) is 21.3 Å². The number of fused-ring (bicyclic) bond motifs is 1. The molecule has 2 atom stereocenters. The standard InChI is InChI=1S/C12H16ClNOS/c13-11-9(4-8-16-11)12-5-2-1-3-10(12)15-7-6-14-12/h4,8,10,14H,1-3,5-7H2/t10-,12-/m0/s1. The quantitative estimate of drug-likeness (QED) is 0.835. The second-order valence-electron chi connectivity index (χ2n) is 4.61. The van der Waals surface area contributed by atoms with Crippen LogP contribution in [0.5, 0.6) is 0 Å². The van der Waals surface area contributed by atoms with Gasteiger partial charge in [-0.1, -0.05) is 24.4 Å². The molecule has 1 N–H and O–H groups in total. The topological polar surface area (TPSA) is 21.3 Å². The van der Waals surface area contributed by atoms with E-state index in [0.717, 1.165) is 30.3 Å². The van der Waals surface area contributed by atoms with Crippen LogP contribution in [0.4, 0.5) is 0 Å². The Morgan fingerprint density at radius 2 is 2.44 bits per heavy atom. The molecule has 16 heavy (non-hydrogen) atoms. The van der Waals surface area contributed by atoms with Gasteiger partial charge in [-0.3, -0.25) is 0 Å². The predicted octanol–water partition coefficient (Wildman–Crippen LogP) is 3.16. The van der Waals surface area contributed by atoms with Gasteiger partial charge < -0.3 is 10.1 Å². The maximum Gasteiger partial charge on any atom is 0.0980 e. The summed E-state index contributed by atoms with van der Waals surface area (Å²) >= 11 is 7.93. The Morgan fingerprint density at radius 1 is 1.50 bits per heavy atom. The molecule has 2 aliphatic rings. The number of ether oxygens (including phenoxy) is 1. The fraction of sp³-hybridized carbons (Fsp3) is 0.667. The lowest BCUT2D eigenvalue weighted by molar-refractivity contribution is -0.0754. The van der Waals surface area contributed by atoms with Crippen molar-refractivity contribution in [1.82, 2.24) is 5.32 Å². The smallest absolute Gasteiger partial charge is 0.0980 e. The summed E-state index contributed by atoms with van der Waals surface area (Å²) in [7, 11) is 0. The minimum absolute atomic E-state index is 0.00637. The molecule has 3 rings (SSSR count). The Labute approximate surface area is 105 Å². The van der Waals surface area contributed by atoms with Gasteiger partial charge in [0.1, 0.15) is 0 Å². The van der Waals surface area contributed by atoms with Gasteiger partial charge in [-0.2, -0.15) is 0 Å².